The van der Waals surface area contributed by atoms with Gasteiger partial charge in [-0.25, -0.2) is 9.97 Å². The first-order chi connectivity index (χ1) is 15.5. The lowest BCUT2D eigenvalue weighted by Gasteiger charge is -2.31. The van der Waals surface area contributed by atoms with Crippen molar-refractivity contribution in [3.05, 3.63) is 77.6 Å². The van der Waals surface area contributed by atoms with Gasteiger partial charge in [0.05, 0.1) is 18.4 Å². The van der Waals surface area contributed by atoms with Crippen molar-refractivity contribution in [2.75, 3.05) is 25.5 Å². The van der Waals surface area contributed by atoms with Gasteiger partial charge in [-0.05, 0) is 56.2 Å². The number of aromatic nitrogens is 3. The van der Waals surface area contributed by atoms with E-state index in [0.717, 1.165) is 18.6 Å². The number of anilines is 1. The molecule has 0 atom stereocenters. The Bertz CT molecular complexity index is 1090. The van der Waals surface area contributed by atoms with Crippen LogP contribution >= 0.6 is 0 Å². The third-order valence-electron chi connectivity index (χ3n) is 5.62. The van der Waals surface area contributed by atoms with E-state index in [-0.39, 0.29) is 17.7 Å². The molecule has 1 aromatic carbocycles. The van der Waals surface area contributed by atoms with E-state index in [1.54, 1.807) is 55.9 Å². The van der Waals surface area contributed by atoms with Crippen LogP contribution in [0, 0.1) is 6.92 Å². The molecule has 8 heteroatoms. The number of piperidine rings is 1. The molecule has 4 rings (SSSR count). The fourth-order valence-electron chi connectivity index (χ4n) is 3.77. The molecule has 1 fully saturated rings. The summed E-state index contributed by atoms with van der Waals surface area (Å²) in [4.78, 5) is 40.3. The summed E-state index contributed by atoms with van der Waals surface area (Å²) in [5.41, 5.74) is 2.20. The van der Waals surface area contributed by atoms with Crippen LogP contribution in [-0.2, 0) is 0 Å². The van der Waals surface area contributed by atoms with Gasteiger partial charge in [-0.3, -0.25) is 14.6 Å². The minimum absolute atomic E-state index is 0.0494. The van der Waals surface area contributed by atoms with Gasteiger partial charge in [-0.15, -0.1) is 0 Å². The normalized spacial score (nSPS) is 14.1. The Labute approximate surface area is 186 Å². The Morgan fingerprint density at radius 1 is 1.06 bits per heavy atom. The zero-order valence-corrected chi connectivity index (χ0v) is 18.1. The van der Waals surface area contributed by atoms with E-state index in [1.165, 1.54) is 0 Å². The standard InChI is InChI=1S/C24H25N5O3/c1-16-20(23(30)28-18-6-8-19(32-2)9-7-18)15-26-22(27-16)17-10-13-29(14-11-17)24(31)21-5-3-4-12-25-21/h3-9,12,15,17H,10-11,13-14H2,1-2H3,(H,28,30). The lowest BCUT2D eigenvalue weighted by molar-refractivity contribution is 0.0704. The molecule has 1 N–H and O–H groups in total. The number of hydrogen-bond acceptors (Lipinski definition) is 6. The highest BCUT2D eigenvalue weighted by Crippen LogP contribution is 2.27. The summed E-state index contributed by atoms with van der Waals surface area (Å²) in [6.07, 6.45) is 4.76. The van der Waals surface area contributed by atoms with E-state index < -0.39 is 0 Å². The molecule has 3 heterocycles. The van der Waals surface area contributed by atoms with Crippen molar-refractivity contribution in [1.29, 1.82) is 0 Å². The molecule has 0 saturated carbocycles. The number of methoxy groups -OCH3 is 1. The van der Waals surface area contributed by atoms with Crippen LogP contribution in [0.15, 0.2) is 54.9 Å². The maximum atomic E-state index is 12.7. The molecule has 3 aromatic rings. The van der Waals surface area contributed by atoms with Crippen LogP contribution in [0.1, 0.15) is 51.1 Å². The molecule has 164 valence electrons. The van der Waals surface area contributed by atoms with Crippen LogP contribution in [0.4, 0.5) is 5.69 Å². The molecule has 0 aliphatic carbocycles. The monoisotopic (exact) mass is 431 g/mol. The van der Waals surface area contributed by atoms with Crippen LogP contribution in [0.5, 0.6) is 5.75 Å². The second kappa shape index (κ2) is 9.55. The molecular formula is C24H25N5O3. The molecule has 0 bridgehead atoms. The number of aryl methyl sites for hydroxylation is 1. The Balaban J connectivity index is 1.38. The van der Waals surface area contributed by atoms with E-state index in [1.807, 2.05) is 17.9 Å². The topological polar surface area (TPSA) is 97.3 Å². The van der Waals surface area contributed by atoms with Gasteiger partial charge in [-0.1, -0.05) is 6.07 Å². The predicted octanol–water partition coefficient (Wildman–Crippen LogP) is 3.46. The quantitative estimate of drug-likeness (QED) is 0.664. The number of rotatable bonds is 5. The van der Waals surface area contributed by atoms with Gasteiger partial charge in [0.1, 0.15) is 17.3 Å². The van der Waals surface area contributed by atoms with Crippen molar-refractivity contribution in [2.45, 2.75) is 25.7 Å². The average Bonchev–Trinajstić information content (AvgIpc) is 2.84. The maximum Gasteiger partial charge on any atom is 0.272 e. The summed E-state index contributed by atoms with van der Waals surface area (Å²) in [7, 11) is 1.60. The number of likely N-dealkylation sites (tertiary alicyclic amines) is 1. The third-order valence-corrected chi connectivity index (χ3v) is 5.62. The first-order valence-corrected chi connectivity index (χ1v) is 10.5. The molecular weight excluding hydrogens is 406 g/mol. The SMILES string of the molecule is COc1ccc(NC(=O)c2cnc(C3CCN(C(=O)c4ccccn4)CC3)nc2C)cc1. The van der Waals surface area contributed by atoms with Crippen molar-refractivity contribution in [3.8, 4) is 5.75 Å². The largest absolute Gasteiger partial charge is 0.497 e. The van der Waals surface area contributed by atoms with Crippen molar-refractivity contribution >= 4 is 17.5 Å². The first-order valence-electron chi connectivity index (χ1n) is 10.5. The van der Waals surface area contributed by atoms with Gasteiger partial charge in [-0.2, -0.15) is 0 Å². The van der Waals surface area contributed by atoms with Crippen molar-refractivity contribution in [1.82, 2.24) is 19.9 Å². The van der Waals surface area contributed by atoms with Crippen LogP contribution < -0.4 is 10.1 Å². The minimum atomic E-state index is -0.255. The molecule has 2 amide bonds. The summed E-state index contributed by atoms with van der Waals surface area (Å²) in [5.74, 6) is 1.29. The van der Waals surface area contributed by atoms with Gasteiger partial charge < -0.3 is 15.0 Å². The number of carbonyl (C=O) groups is 2. The number of carbonyl (C=O) groups excluding carboxylic acids is 2. The van der Waals surface area contributed by atoms with Crippen molar-refractivity contribution in [3.63, 3.8) is 0 Å². The zero-order chi connectivity index (χ0) is 22.5. The summed E-state index contributed by atoms with van der Waals surface area (Å²) in [6.45, 7) is 3.07. The minimum Gasteiger partial charge on any atom is -0.497 e. The second-order valence-corrected chi connectivity index (χ2v) is 7.69. The lowest BCUT2D eigenvalue weighted by Crippen LogP contribution is -2.38. The number of hydrogen-bond donors (Lipinski definition) is 1. The van der Waals surface area contributed by atoms with Crippen LogP contribution in [-0.4, -0.2) is 51.9 Å². The van der Waals surface area contributed by atoms with E-state index in [4.69, 9.17) is 4.74 Å². The number of nitrogens with one attached hydrogen (secondary N) is 1. The number of nitrogens with zero attached hydrogens (tertiary/aromatic N) is 4. The maximum absolute atomic E-state index is 12.7. The molecule has 2 aromatic heterocycles. The Hall–Kier alpha value is -3.81. The fourth-order valence-corrected chi connectivity index (χ4v) is 3.77. The highest BCUT2D eigenvalue weighted by atomic mass is 16.5. The molecule has 1 aliphatic rings. The molecule has 1 aliphatic heterocycles. The summed E-state index contributed by atoms with van der Waals surface area (Å²) in [5, 5.41) is 2.86. The average molecular weight is 431 g/mol. The fraction of sp³-hybridized carbons (Fsp3) is 0.292. The van der Waals surface area contributed by atoms with Crippen LogP contribution in [0.25, 0.3) is 0 Å². The van der Waals surface area contributed by atoms with Crippen molar-refractivity contribution in [2.24, 2.45) is 0 Å². The summed E-state index contributed by atoms with van der Waals surface area (Å²) >= 11 is 0. The highest BCUT2D eigenvalue weighted by Gasteiger charge is 2.27. The highest BCUT2D eigenvalue weighted by molar-refractivity contribution is 6.04. The lowest BCUT2D eigenvalue weighted by atomic mass is 9.95. The van der Waals surface area contributed by atoms with Crippen molar-refractivity contribution < 1.29 is 14.3 Å². The van der Waals surface area contributed by atoms with E-state index in [9.17, 15) is 9.59 Å². The van der Waals surface area contributed by atoms with Crippen LogP contribution in [0.3, 0.4) is 0 Å². The Morgan fingerprint density at radius 2 is 1.81 bits per heavy atom. The number of amides is 2. The first kappa shape index (κ1) is 21.4. The van der Waals surface area contributed by atoms with E-state index in [0.29, 0.717) is 41.6 Å². The molecule has 0 unspecified atom stereocenters. The molecule has 0 spiro atoms. The number of pyridine rings is 1. The summed E-state index contributed by atoms with van der Waals surface area (Å²) in [6, 6.07) is 12.5. The molecule has 8 nitrogen and oxygen atoms in total. The second-order valence-electron chi connectivity index (χ2n) is 7.69. The zero-order valence-electron chi connectivity index (χ0n) is 18.1. The molecule has 1 saturated heterocycles. The van der Waals surface area contributed by atoms with Gasteiger partial charge in [0.25, 0.3) is 11.8 Å². The Morgan fingerprint density at radius 3 is 2.44 bits per heavy atom. The van der Waals surface area contributed by atoms with Gasteiger partial charge in [0.15, 0.2) is 0 Å². The van der Waals surface area contributed by atoms with Gasteiger partial charge in [0.2, 0.25) is 0 Å². The number of benzene rings is 1. The van der Waals surface area contributed by atoms with Gasteiger partial charge >= 0.3 is 0 Å². The van der Waals surface area contributed by atoms with Gasteiger partial charge in [0, 0.05) is 37.1 Å². The summed E-state index contributed by atoms with van der Waals surface area (Å²) < 4.78 is 5.13. The van der Waals surface area contributed by atoms with E-state index >= 15 is 0 Å². The number of ether oxygens (including phenoxy) is 1. The Kier molecular flexibility index (Phi) is 6.39. The molecule has 32 heavy (non-hydrogen) atoms. The smallest absolute Gasteiger partial charge is 0.272 e. The predicted molar refractivity (Wildman–Crippen MR) is 120 cm³/mol. The van der Waals surface area contributed by atoms with Crippen LogP contribution in [0.2, 0.25) is 0 Å². The third kappa shape index (κ3) is 4.74. The van der Waals surface area contributed by atoms with E-state index in [2.05, 4.69) is 20.3 Å². The molecule has 0 radical (unpaired) electrons.